The summed E-state index contributed by atoms with van der Waals surface area (Å²) in [6.07, 6.45) is 1.17. The highest BCUT2D eigenvalue weighted by atomic mass is 16.5. The molecule has 202 valence electrons. The number of aryl methyl sites for hydroxylation is 1. The van der Waals surface area contributed by atoms with E-state index in [9.17, 15) is 9.59 Å². The Labute approximate surface area is 225 Å². The monoisotopic (exact) mass is 518 g/mol. The van der Waals surface area contributed by atoms with E-state index in [0.29, 0.717) is 23.7 Å². The van der Waals surface area contributed by atoms with Crippen molar-refractivity contribution < 1.29 is 23.8 Å². The molecule has 0 unspecified atom stereocenters. The molecule has 2 amide bonds. The molecule has 0 radical (unpaired) electrons. The van der Waals surface area contributed by atoms with Crippen molar-refractivity contribution in [1.82, 2.24) is 10.2 Å². The Balaban J connectivity index is 1.94. The van der Waals surface area contributed by atoms with Gasteiger partial charge in [0.2, 0.25) is 5.91 Å². The second kappa shape index (κ2) is 14.1. The number of nitrogens with one attached hydrogen (secondary N) is 1. The van der Waals surface area contributed by atoms with Crippen molar-refractivity contribution in [2.75, 3.05) is 20.8 Å². The van der Waals surface area contributed by atoms with Crippen LogP contribution in [0.3, 0.4) is 0 Å². The van der Waals surface area contributed by atoms with Gasteiger partial charge < -0.3 is 24.4 Å². The Kier molecular flexibility index (Phi) is 10.6. The van der Waals surface area contributed by atoms with E-state index in [1.54, 1.807) is 37.3 Å². The number of carbonyl (C=O) groups excluding carboxylic acids is 2. The lowest BCUT2D eigenvalue weighted by Gasteiger charge is -2.32. The molecule has 0 spiro atoms. The highest BCUT2D eigenvalue weighted by molar-refractivity contribution is 5.88. The van der Waals surface area contributed by atoms with Crippen LogP contribution in [0.5, 0.6) is 17.2 Å². The molecule has 0 saturated heterocycles. The van der Waals surface area contributed by atoms with E-state index in [1.165, 1.54) is 0 Å². The molecular weight excluding hydrogens is 480 g/mol. The maximum atomic E-state index is 13.8. The summed E-state index contributed by atoms with van der Waals surface area (Å²) < 4.78 is 16.5. The molecule has 3 rings (SSSR count). The first-order valence-electron chi connectivity index (χ1n) is 12.9. The first-order chi connectivity index (χ1) is 18.3. The Bertz CT molecular complexity index is 1180. The molecule has 7 heteroatoms. The quantitative estimate of drug-likeness (QED) is 0.347. The Morgan fingerprint density at radius 2 is 1.50 bits per heavy atom. The number of methoxy groups -OCH3 is 2. The summed E-state index contributed by atoms with van der Waals surface area (Å²) in [5.74, 6) is 1.06. The van der Waals surface area contributed by atoms with Crippen molar-refractivity contribution in [2.24, 2.45) is 0 Å². The number of hydrogen-bond donors (Lipinski definition) is 1. The first-order valence-corrected chi connectivity index (χ1v) is 12.9. The van der Waals surface area contributed by atoms with Crippen molar-refractivity contribution in [3.8, 4) is 17.2 Å². The SMILES string of the molecule is CC[C@@H](C)NC(=O)[C@@H](Cc1ccccc1)N(Cc1ccccc1C)C(=O)COc1cc(OC)cc(OC)c1. The molecule has 0 aliphatic carbocycles. The maximum Gasteiger partial charge on any atom is 0.261 e. The van der Waals surface area contributed by atoms with Crippen molar-refractivity contribution in [3.05, 3.63) is 89.5 Å². The lowest BCUT2D eigenvalue weighted by molar-refractivity contribution is -0.143. The highest BCUT2D eigenvalue weighted by Crippen LogP contribution is 2.27. The van der Waals surface area contributed by atoms with Crippen LogP contribution in [0.15, 0.2) is 72.8 Å². The van der Waals surface area contributed by atoms with Gasteiger partial charge in [0.1, 0.15) is 23.3 Å². The third kappa shape index (κ3) is 8.00. The normalized spacial score (nSPS) is 12.2. The van der Waals surface area contributed by atoms with E-state index in [2.05, 4.69) is 5.32 Å². The molecule has 38 heavy (non-hydrogen) atoms. The maximum absolute atomic E-state index is 13.8. The van der Waals surface area contributed by atoms with Gasteiger partial charge >= 0.3 is 0 Å². The van der Waals surface area contributed by atoms with E-state index in [1.807, 2.05) is 75.4 Å². The zero-order valence-corrected chi connectivity index (χ0v) is 22.9. The second-order valence-electron chi connectivity index (χ2n) is 9.31. The van der Waals surface area contributed by atoms with Crippen LogP contribution in [0, 0.1) is 6.92 Å². The van der Waals surface area contributed by atoms with Crippen molar-refractivity contribution in [2.45, 2.75) is 52.2 Å². The molecule has 1 N–H and O–H groups in total. The smallest absolute Gasteiger partial charge is 0.261 e. The van der Waals surface area contributed by atoms with Crippen LogP contribution in [0.1, 0.15) is 37.0 Å². The minimum atomic E-state index is -0.720. The van der Waals surface area contributed by atoms with Crippen LogP contribution in [-0.4, -0.2) is 49.6 Å². The van der Waals surface area contributed by atoms with Crippen LogP contribution in [0.2, 0.25) is 0 Å². The molecule has 0 aromatic heterocycles. The lowest BCUT2D eigenvalue weighted by atomic mass is 10.0. The predicted molar refractivity (Wildman–Crippen MR) is 149 cm³/mol. The fraction of sp³-hybridized carbons (Fsp3) is 0.355. The molecule has 2 atom stereocenters. The molecule has 0 saturated carbocycles. The average molecular weight is 519 g/mol. The summed E-state index contributed by atoms with van der Waals surface area (Å²) in [6.45, 7) is 6.02. The van der Waals surface area contributed by atoms with Gasteiger partial charge in [-0.3, -0.25) is 9.59 Å². The van der Waals surface area contributed by atoms with E-state index in [0.717, 1.165) is 23.1 Å². The van der Waals surface area contributed by atoms with Crippen LogP contribution in [-0.2, 0) is 22.6 Å². The fourth-order valence-electron chi connectivity index (χ4n) is 4.06. The van der Waals surface area contributed by atoms with Crippen LogP contribution < -0.4 is 19.5 Å². The molecule has 0 bridgehead atoms. The van der Waals surface area contributed by atoms with Gasteiger partial charge in [-0.1, -0.05) is 61.5 Å². The largest absolute Gasteiger partial charge is 0.496 e. The summed E-state index contributed by atoms with van der Waals surface area (Å²) in [5.41, 5.74) is 2.99. The number of hydrogen-bond acceptors (Lipinski definition) is 5. The molecule has 0 aliphatic heterocycles. The van der Waals surface area contributed by atoms with E-state index >= 15 is 0 Å². The predicted octanol–water partition coefficient (Wildman–Crippen LogP) is 4.95. The van der Waals surface area contributed by atoms with Gasteiger partial charge in [0.15, 0.2) is 6.61 Å². The first kappa shape index (κ1) is 28.6. The fourth-order valence-corrected chi connectivity index (χ4v) is 4.06. The molecule has 0 fully saturated rings. The summed E-state index contributed by atoms with van der Waals surface area (Å²) in [7, 11) is 3.11. The number of benzene rings is 3. The summed E-state index contributed by atoms with van der Waals surface area (Å²) >= 11 is 0. The minimum Gasteiger partial charge on any atom is -0.496 e. The highest BCUT2D eigenvalue weighted by Gasteiger charge is 2.31. The molecule has 3 aromatic carbocycles. The molecule has 3 aromatic rings. The van der Waals surface area contributed by atoms with Gasteiger partial charge in [0.25, 0.3) is 5.91 Å². The Morgan fingerprint density at radius 3 is 2.11 bits per heavy atom. The third-order valence-electron chi connectivity index (χ3n) is 6.56. The van der Waals surface area contributed by atoms with Gasteiger partial charge in [-0.05, 0) is 37.0 Å². The molecular formula is C31H38N2O5. The van der Waals surface area contributed by atoms with Crippen molar-refractivity contribution in [3.63, 3.8) is 0 Å². The molecule has 0 heterocycles. The molecule has 0 aliphatic rings. The zero-order chi connectivity index (χ0) is 27.5. The molecule has 7 nitrogen and oxygen atoms in total. The van der Waals surface area contributed by atoms with E-state index in [4.69, 9.17) is 14.2 Å². The van der Waals surface area contributed by atoms with Crippen LogP contribution >= 0.6 is 0 Å². The summed E-state index contributed by atoms with van der Waals surface area (Å²) in [6, 6.07) is 22.0. The third-order valence-corrected chi connectivity index (χ3v) is 6.56. The summed E-state index contributed by atoms with van der Waals surface area (Å²) in [4.78, 5) is 29.0. The number of rotatable bonds is 13. The van der Waals surface area contributed by atoms with Gasteiger partial charge in [0, 0.05) is 37.2 Å². The number of nitrogens with zero attached hydrogens (tertiary/aromatic N) is 1. The van der Waals surface area contributed by atoms with Gasteiger partial charge in [-0.15, -0.1) is 0 Å². The van der Waals surface area contributed by atoms with Crippen molar-refractivity contribution >= 4 is 11.8 Å². The average Bonchev–Trinajstić information content (AvgIpc) is 2.94. The van der Waals surface area contributed by atoms with E-state index < -0.39 is 6.04 Å². The van der Waals surface area contributed by atoms with Crippen LogP contribution in [0.25, 0.3) is 0 Å². The second-order valence-corrected chi connectivity index (χ2v) is 9.31. The van der Waals surface area contributed by atoms with Gasteiger partial charge in [0.05, 0.1) is 14.2 Å². The number of carbonyl (C=O) groups is 2. The Hall–Kier alpha value is -4.00. The Morgan fingerprint density at radius 1 is 0.895 bits per heavy atom. The standard InChI is InChI=1S/C31H38N2O5/c1-6-23(3)32-31(35)29(16-24-13-8-7-9-14-24)33(20-25-15-11-10-12-22(25)2)30(34)21-38-28-18-26(36-4)17-27(19-28)37-5/h7-15,17-19,23,29H,6,16,20-21H2,1-5H3,(H,32,35)/t23-,29-/m1/s1. The number of ether oxygens (including phenoxy) is 3. The van der Waals surface area contributed by atoms with Crippen molar-refractivity contribution in [1.29, 1.82) is 0 Å². The van der Waals surface area contributed by atoms with Gasteiger partial charge in [-0.2, -0.15) is 0 Å². The topological polar surface area (TPSA) is 77.1 Å². The summed E-state index contributed by atoms with van der Waals surface area (Å²) in [5, 5.41) is 3.08. The van der Waals surface area contributed by atoms with Crippen LogP contribution in [0.4, 0.5) is 0 Å². The minimum absolute atomic E-state index is 0.0170. The lowest BCUT2D eigenvalue weighted by Crippen LogP contribution is -2.53. The zero-order valence-electron chi connectivity index (χ0n) is 22.9. The van der Waals surface area contributed by atoms with Gasteiger partial charge in [-0.25, -0.2) is 0 Å². The van der Waals surface area contributed by atoms with E-state index in [-0.39, 0.29) is 31.0 Å². The number of amides is 2.